The highest BCUT2D eigenvalue weighted by molar-refractivity contribution is 5.15. The Morgan fingerprint density at radius 2 is 2.06 bits per heavy atom. The SMILES string of the molecule is C=C1CCC[C@]2(C)CCC(C(C)C)C(O)C12. The molecule has 0 spiro atoms. The summed E-state index contributed by atoms with van der Waals surface area (Å²) in [4.78, 5) is 0. The second kappa shape index (κ2) is 4.18. The quantitative estimate of drug-likeness (QED) is 0.669. The zero-order chi connectivity index (χ0) is 11.9. The molecule has 16 heavy (non-hydrogen) atoms. The van der Waals surface area contributed by atoms with E-state index < -0.39 is 0 Å². The Hall–Kier alpha value is -0.300. The summed E-state index contributed by atoms with van der Waals surface area (Å²) in [5.41, 5.74) is 1.65. The monoisotopic (exact) mass is 222 g/mol. The topological polar surface area (TPSA) is 20.2 Å². The lowest BCUT2D eigenvalue weighted by Gasteiger charge is -2.52. The average Bonchev–Trinajstić information content (AvgIpc) is 2.16. The molecule has 0 aliphatic heterocycles. The van der Waals surface area contributed by atoms with Gasteiger partial charge in [-0.05, 0) is 49.4 Å². The Morgan fingerprint density at radius 3 is 2.69 bits per heavy atom. The van der Waals surface area contributed by atoms with Gasteiger partial charge >= 0.3 is 0 Å². The van der Waals surface area contributed by atoms with Crippen molar-refractivity contribution in [2.45, 2.75) is 59.0 Å². The smallest absolute Gasteiger partial charge is 0.0641 e. The fraction of sp³-hybridized carbons (Fsp3) is 0.867. The standard InChI is InChI=1S/C15H26O/c1-10(2)12-7-9-15(4)8-5-6-11(3)13(15)14(12)16/h10,12-14,16H,3,5-9H2,1-2,4H3/t12?,13?,14?,15-/m1/s1. The minimum Gasteiger partial charge on any atom is -0.392 e. The van der Waals surface area contributed by atoms with E-state index in [2.05, 4.69) is 27.4 Å². The van der Waals surface area contributed by atoms with E-state index in [9.17, 15) is 5.11 Å². The van der Waals surface area contributed by atoms with E-state index in [1.165, 1.54) is 31.3 Å². The zero-order valence-electron chi connectivity index (χ0n) is 11.0. The number of hydrogen-bond donors (Lipinski definition) is 1. The van der Waals surface area contributed by atoms with Crippen LogP contribution in [-0.4, -0.2) is 11.2 Å². The van der Waals surface area contributed by atoms with E-state index in [0.717, 1.165) is 6.42 Å². The summed E-state index contributed by atoms with van der Waals surface area (Å²) in [5.74, 6) is 1.43. The highest BCUT2D eigenvalue weighted by atomic mass is 16.3. The van der Waals surface area contributed by atoms with E-state index in [1.54, 1.807) is 0 Å². The van der Waals surface area contributed by atoms with Crippen LogP contribution >= 0.6 is 0 Å². The lowest BCUT2D eigenvalue weighted by Crippen LogP contribution is -2.48. The summed E-state index contributed by atoms with van der Waals surface area (Å²) in [5, 5.41) is 10.6. The third kappa shape index (κ3) is 1.84. The molecule has 2 rings (SSSR count). The molecule has 2 fully saturated rings. The van der Waals surface area contributed by atoms with Crippen molar-refractivity contribution in [1.29, 1.82) is 0 Å². The second-order valence-corrected chi connectivity index (χ2v) is 6.58. The molecule has 2 aliphatic rings. The van der Waals surface area contributed by atoms with Crippen molar-refractivity contribution in [3.05, 3.63) is 12.2 Å². The molecule has 0 bridgehead atoms. The molecule has 3 unspecified atom stereocenters. The van der Waals surface area contributed by atoms with Gasteiger partial charge in [0.05, 0.1) is 6.10 Å². The molecule has 0 radical (unpaired) electrons. The van der Waals surface area contributed by atoms with E-state index in [0.29, 0.717) is 23.2 Å². The van der Waals surface area contributed by atoms with Gasteiger partial charge in [-0.25, -0.2) is 0 Å². The second-order valence-electron chi connectivity index (χ2n) is 6.58. The maximum absolute atomic E-state index is 10.6. The van der Waals surface area contributed by atoms with E-state index in [1.807, 2.05) is 0 Å². The lowest BCUT2D eigenvalue weighted by atomic mass is 9.54. The van der Waals surface area contributed by atoms with Crippen LogP contribution in [0.2, 0.25) is 0 Å². The summed E-state index contributed by atoms with van der Waals surface area (Å²) >= 11 is 0. The van der Waals surface area contributed by atoms with Gasteiger partial charge in [-0.15, -0.1) is 0 Å². The van der Waals surface area contributed by atoms with Crippen LogP contribution in [0.4, 0.5) is 0 Å². The van der Waals surface area contributed by atoms with Crippen LogP contribution in [-0.2, 0) is 0 Å². The minimum absolute atomic E-state index is 0.147. The molecular weight excluding hydrogens is 196 g/mol. The summed E-state index contributed by atoms with van der Waals surface area (Å²) in [6.45, 7) is 11.1. The largest absolute Gasteiger partial charge is 0.392 e. The molecule has 0 aromatic rings. The van der Waals surface area contributed by atoms with Gasteiger partial charge in [0, 0.05) is 5.92 Å². The van der Waals surface area contributed by atoms with Crippen molar-refractivity contribution in [2.24, 2.45) is 23.2 Å². The zero-order valence-corrected chi connectivity index (χ0v) is 11.0. The molecular formula is C15H26O. The predicted molar refractivity (Wildman–Crippen MR) is 68.2 cm³/mol. The molecule has 0 heterocycles. The molecule has 2 aliphatic carbocycles. The van der Waals surface area contributed by atoms with Crippen LogP contribution in [0, 0.1) is 23.2 Å². The average molecular weight is 222 g/mol. The van der Waals surface area contributed by atoms with Gasteiger partial charge in [0.15, 0.2) is 0 Å². The van der Waals surface area contributed by atoms with Crippen molar-refractivity contribution >= 4 is 0 Å². The van der Waals surface area contributed by atoms with E-state index in [4.69, 9.17) is 0 Å². The highest BCUT2D eigenvalue weighted by Gasteiger charge is 2.48. The maximum atomic E-state index is 10.6. The van der Waals surface area contributed by atoms with Crippen molar-refractivity contribution < 1.29 is 5.11 Å². The first-order valence-electron chi connectivity index (χ1n) is 6.81. The van der Waals surface area contributed by atoms with Crippen molar-refractivity contribution in [1.82, 2.24) is 0 Å². The first-order chi connectivity index (χ1) is 7.46. The van der Waals surface area contributed by atoms with Gasteiger partial charge in [-0.1, -0.05) is 32.9 Å². The van der Waals surface area contributed by atoms with Gasteiger partial charge in [-0.3, -0.25) is 0 Å². The van der Waals surface area contributed by atoms with Crippen LogP contribution < -0.4 is 0 Å². The van der Waals surface area contributed by atoms with Crippen LogP contribution in [0.3, 0.4) is 0 Å². The Kier molecular flexibility index (Phi) is 3.18. The third-order valence-electron chi connectivity index (χ3n) is 5.12. The van der Waals surface area contributed by atoms with Gasteiger partial charge in [-0.2, -0.15) is 0 Å². The number of aliphatic hydroxyl groups excluding tert-OH is 1. The maximum Gasteiger partial charge on any atom is 0.0641 e. The lowest BCUT2D eigenvalue weighted by molar-refractivity contribution is -0.0669. The summed E-state index contributed by atoms with van der Waals surface area (Å²) < 4.78 is 0. The molecule has 2 saturated carbocycles. The molecule has 92 valence electrons. The number of aliphatic hydroxyl groups is 1. The first-order valence-corrected chi connectivity index (χ1v) is 6.81. The van der Waals surface area contributed by atoms with Crippen LogP contribution in [0.15, 0.2) is 12.2 Å². The number of rotatable bonds is 1. The predicted octanol–water partition coefficient (Wildman–Crippen LogP) is 3.78. The molecule has 4 atom stereocenters. The van der Waals surface area contributed by atoms with Crippen LogP contribution in [0.1, 0.15) is 52.9 Å². The summed E-state index contributed by atoms with van der Waals surface area (Å²) in [6, 6.07) is 0. The Balaban J connectivity index is 2.24. The van der Waals surface area contributed by atoms with Crippen LogP contribution in [0.25, 0.3) is 0 Å². The van der Waals surface area contributed by atoms with Gasteiger partial charge in [0.1, 0.15) is 0 Å². The van der Waals surface area contributed by atoms with E-state index in [-0.39, 0.29) is 6.10 Å². The number of fused-ring (bicyclic) bond motifs is 1. The first kappa shape index (κ1) is 12.2. The van der Waals surface area contributed by atoms with Gasteiger partial charge in [0.25, 0.3) is 0 Å². The molecule has 1 nitrogen and oxygen atoms in total. The Bertz CT molecular complexity index is 281. The Morgan fingerprint density at radius 1 is 1.38 bits per heavy atom. The molecule has 0 aromatic carbocycles. The fourth-order valence-corrected chi connectivity index (χ4v) is 4.10. The molecule has 0 saturated heterocycles. The molecule has 1 N–H and O–H groups in total. The van der Waals surface area contributed by atoms with Gasteiger partial charge in [0.2, 0.25) is 0 Å². The van der Waals surface area contributed by atoms with Gasteiger partial charge < -0.3 is 5.11 Å². The minimum atomic E-state index is -0.147. The fourth-order valence-electron chi connectivity index (χ4n) is 4.10. The summed E-state index contributed by atoms with van der Waals surface area (Å²) in [7, 11) is 0. The molecule has 1 heteroatoms. The van der Waals surface area contributed by atoms with Crippen molar-refractivity contribution in [2.75, 3.05) is 0 Å². The summed E-state index contributed by atoms with van der Waals surface area (Å²) in [6.07, 6.45) is 5.99. The van der Waals surface area contributed by atoms with Crippen molar-refractivity contribution in [3.8, 4) is 0 Å². The molecule has 0 aromatic heterocycles. The third-order valence-corrected chi connectivity index (χ3v) is 5.12. The van der Waals surface area contributed by atoms with Crippen molar-refractivity contribution in [3.63, 3.8) is 0 Å². The van der Waals surface area contributed by atoms with Crippen LogP contribution in [0.5, 0.6) is 0 Å². The normalized spacial score (nSPS) is 44.6. The number of hydrogen-bond acceptors (Lipinski definition) is 1. The Labute approximate surface area is 99.9 Å². The molecule has 0 amide bonds. The highest BCUT2D eigenvalue weighted by Crippen LogP contribution is 2.54. The van der Waals surface area contributed by atoms with E-state index >= 15 is 0 Å².